The molecule has 0 spiro atoms. The molecule has 4 heterocycles. The standard InChI is InChI=1S/C25H28FN5O5/c1-29(2)24(32)21-10-13-9-20(35-4)15(12-19(13)36-21)16-6-8-22(28-27-16)30(3)18-11-14-5-7-17(23(18)26)31(14)25(33)34/h6,8-10,12,14,17-18,23H,5,7,11H2,1-4H3,(H,33,34)/t14-,17+,18-,23+/m1/s1. The van der Waals surface area contributed by atoms with E-state index in [0.717, 1.165) is 5.39 Å². The molecule has 2 aromatic heterocycles. The number of hydrogen-bond acceptors (Lipinski definition) is 7. The van der Waals surface area contributed by atoms with Crippen molar-refractivity contribution in [3.8, 4) is 17.0 Å². The van der Waals surface area contributed by atoms with E-state index >= 15 is 4.39 Å². The van der Waals surface area contributed by atoms with E-state index in [1.807, 2.05) is 0 Å². The second-order valence-electron chi connectivity index (χ2n) is 9.52. The average Bonchev–Trinajstić information content (AvgIpc) is 3.45. The van der Waals surface area contributed by atoms with Crippen molar-refractivity contribution in [3.05, 3.63) is 36.1 Å². The highest BCUT2D eigenvalue weighted by atomic mass is 19.1. The summed E-state index contributed by atoms with van der Waals surface area (Å²) in [6, 6.07) is 7.43. The average molecular weight is 498 g/mol. The maximum atomic E-state index is 15.3. The van der Waals surface area contributed by atoms with Crippen molar-refractivity contribution in [2.24, 2.45) is 0 Å². The largest absolute Gasteiger partial charge is 0.496 e. The van der Waals surface area contributed by atoms with Crippen LogP contribution in [0, 0.1) is 0 Å². The first kappa shape index (κ1) is 23.8. The Bertz CT molecular complexity index is 1310. The molecule has 0 saturated carbocycles. The zero-order valence-electron chi connectivity index (χ0n) is 20.5. The molecular formula is C25H28FN5O5. The number of ether oxygens (including phenoxy) is 1. The molecule has 11 heteroatoms. The van der Waals surface area contributed by atoms with Crippen molar-refractivity contribution in [1.82, 2.24) is 20.0 Å². The number of halogens is 1. The minimum Gasteiger partial charge on any atom is -0.496 e. The Labute approximate surface area is 207 Å². The highest BCUT2D eigenvalue weighted by Gasteiger charge is 2.51. The number of rotatable bonds is 5. The molecule has 1 N–H and O–H groups in total. The summed E-state index contributed by atoms with van der Waals surface area (Å²) >= 11 is 0. The molecule has 2 bridgehead atoms. The minimum atomic E-state index is -1.31. The fourth-order valence-corrected chi connectivity index (χ4v) is 5.38. The number of aromatic nitrogens is 2. The summed E-state index contributed by atoms with van der Waals surface area (Å²) in [5, 5.41) is 18.9. The number of methoxy groups -OCH3 is 1. The van der Waals surface area contributed by atoms with E-state index in [1.54, 1.807) is 63.5 Å². The molecule has 3 aromatic rings. The number of nitrogens with zero attached hydrogens (tertiary/aromatic N) is 5. The van der Waals surface area contributed by atoms with E-state index in [0.29, 0.717) is 47.7 Å². The number of carboxylic acid groups (broad SMARTS) is 1. The van der Waals surface area contributed by atoms with Crippen molar-refractivity contribution in [2.75, 3.05) is 33.2 Å². The second-order valence-corrected chi connectivity index (χ2v) is 9.52. The summed E-state index contributed by atoms with van der Waals surface area (Å²) < 4.78 is 26.7. The van der Waals surface area contributed by atoms with Gasteiger partial charge in [-0.1, -0.05) is 0 Å². The number of furan rings is 1. The van der Waals surface area contributed by atoms with Gasteiger partial charge in [0.1, 0.15) is 17.5 Å². The van der Waals surface area contributed by atoms with Gasteiger partial charge < -0.3 is 24.1 Å². The number of carbonyl (C=O) groups is 2. The Morgan fingerprint density at radius 2 is 1.94 bits per heavy atom. The fraction of sp³-hybridized carbons (Fsp3) is 0.440. The van der Waals surface area contributed by atoms with Crippen LogP contribution in [0.5, 0.6) is 5.75 Å². The Hall–Kier alpha value is -3.89. The van der Waals surface area contributed by atoms with E-state index in [2.05, 4.69) is 10.2 Å². The maximum Gasteiger partial charge on any atom is 0.407 e. The second kappa shape index (κ2) is 8.96. The van der Waals surface area contributed by atoms with E-state index in [9.17, 15) is 14.7 Å². The van der Waals surface area contributed by atoms with Crippen LogP contribution in [0.15, 0.2) is 34.7 Å². The lowest BCUT2D eigenvalue weighted by molar-refractivity contribution is 0.0490. The van der Waals surface area contributed by atoms with E-state index in [4.69, 9.17) is 9.15 Å². The molecule has 1 aromatic carbocycles. The molecule has 10 nitrogen and oxygen atoms in total. The van der Waals surface area contributed by atoms with Crippen molar-refractivity contribution < 1.29 is 28.2 Å². The molecule has 2 saturated heterocycles. The first-order valence-electron chi connectivity index (χ1n) is 11.7. The molecule has 5 rings (SSSR count). The summed E-state index contributed by atoms with van der Waals surface area (Å²) in [4.78, 5) is 28.3. The monoisotopic (exact) mass is 497 g/mol. The Kier molecular flexibility index (Phi) is 5.93. The number of carbonyl (C=O) groups excluding carboxylic acids is 1. The first-order chi connectivity index (χ1) is 17.2. The van der Waals surface area contributed by atoms with Gasteiger partial charge in [0, 0.05) is 38.1 Å². The molecule has 0 radical (unpaired) electrons. The van der Waals surface area contributed by atoms with E-state index < -0.39 is 24.3 Å². The van der Waals surface area contributed by atoms with Gasteiger partial charge in [-0.3, -0.25) is 9.69 Å². The van der Waals surface area contributed by atoms with Crippen LogP contribution in [-0.4, -0.2) is 89.7 Å². The number of anilines is 1. The van der Waals surface area contributed by atoms with Crippen molar-refractivity contribution in [2.45, 2.75) is 43.6 Å². The quantitative estimate of drug-likeness (QED) is 0.569. The number of piperidine rings is 1. The number of alkyl halides is 1. The van der Waals surface area contributed by atoms with Gasteiger partial charge in [-0.25, -0.2) is 9.18 Å². The van der Waals surface area contributed by atoms with Crippen LogP contribution in [0.25, 0.3) is 22.2 Å². The minimum absolute atomic E-state index is 0.187. The van der Waals surface area contributed by atoms with Crippen molar-refractivity contribution >= 4 is 28.8 Å². The molecule has 2 fully saturated rings. The van der Waals surface area contributed by atoms with Gasteiger partial charge in [0.2, 0.25) is 0 Å². The van der Waals surface area contributed by atoms with Crippen LogP contribution in [-0.2, 0) is 0 Å². The van der Waals surface area contributed by atoms with Crippen LogP contribution >= 0.6 is 0 Å². The molecule has 0 aliphatic carbocycles. The van der Waals surface area contributed by atoms with Gasteiger partial charge >= 0.3 is 6.09 Å². The highest BCUT2D eigenvalue weighted by Crippen LogP contribution is 2.40. The van der Waals surface area contributed by atoms with Gasteiger partial charge in [0.25, 0.3) is 5.91 Å². The molecule has 2 aliphatic heterocycles. The summed E-state index contributed by atoms with van der Waals surface area (Å²) in [6.45, 7) is 0. The smallest absolute Gasteiger partial charge is 0.407 e. The number of fused-ring (bicyclic) bond motifs is 3. The number of hydrogen-bond donors (Lipinski definition) is 1. The van der Waals surface area contributed by atoms with Crippen LogP contribution < -0.4 is 9.64 Å². The van der Waals surface area contributed by atoms with Gasteiger partial charge in [-0.2, -0.15) is 0 Å². The molecule has 2 amide bonds. The summed E-state index contributed by atoms with van der Waals surface area (Å²) in [5.74, 6) is 1.02. The van der Waals surface area contributed by atoms with E-state index in [1.165, 1.54) is 9.80 Å². The number of benzene rings is 1. The Balaban J connectivity index is 1.41. The summed E-state index contributed by atoms with van der Waals surface area (Å²) in [7, 11) is 6.61. The third-order valence-electron chi connectivity index (χ3n) is 7.26. The molecule has 4 atom stereocenters. The van der Waals surface area contributed by atoms with Gasteiger partial charge in [0.15, 0.2) is 11.6 Å². The van der Waals surface area contributed by atoms with Gasteiger partial charge in [-0.15, -0.1) is 10.2 Å². The van der Waals surface area contributed by atoms with Crippen molar-refractivity contribution in [3.63, 3.8) is 0 Å². The Morgan fingerprint density at radius 1 is 1.17 bits per heavy atom. The lowest BCUT2D eigenvalue weighted by Crippen LogP contribution is -2.58. The molecule has 0 unspecified atom stereocenters. The van der Waals surface area contributed by atoms with Crippen LogP contribution in [0.1, 0.15) is 29.8 Å². The van der Waals surface area contributed by atoms with Crippen LogP contribution in [0.3, 0.4) is 0 Å². The lowest BCUT2D eigenvalue weighted by Gasteiger charge is -2.43. The van der Waals surface area contributed by atoms with Crippen molar-refractivity contribution in [1.29, 1.82) is 0 Å². The topological polar surface area (TPSA) is 112 Å². The SMILES string of the molecule is COc1cc2cc(C(=O)N(C)C)oc2cc1-c1ccc(N(C)[C@@H]2C[C@H]3CC[C@@H]([C@@H]2F)N3C(=O)O)nn1. The normalized spacial score (nSPS) is 23.1. The van der Waals surface area contributed by atoms with E-state index in [-0.39, 0.29) is 17.7 Å². The summed E-state index contributed by atoms with van der Waals surface area (Å²) in [6.07, 6.45) is -0.767. The van der Waals surface area contributed by atoms with Gasteiger partial charge in [-0.05, 0) is 49.6 Å². The zero-order chi connectivity index (χ0) is 25.7. The third kappa shape index (κ3) is 3.88. The van der Waals surface area contributed by atoms with Gasteiger partial charge in [0.05, 0.1) is 24.9 Å². The highest BCUT2D eigenvalue weighted by molar-refractivity contribution is 5.97. The van der Waals surface area contributed by atoms with Crippen LogP contribution in [0.2, 0.25) is 0 Å². The zero-order valence-corrected chi connectivity index (χ0v) is 20.5. The predicted octanol–water partition coefficient (Wildman–Crippen LogP) is 3.66. The fourth-order valence-electron chi connectivity index (χ4n) is 5.38. The molecule has 2 aliphatic rings. The predicted molar refractivity (Wildman–Crippen MR) is 130 cm³/mol. The maximum absolute atomic E-state index is 15.3. The number of amides is 2. The van der Waals surface area contributed by atoms with Crippen LogP contribution in [0.4, 0.5) is 15.0 Å². The molecule has 190 valence electrons. The Morgan fingerprint density at radius 3 is 2.58 bits per heavy atom. The lowest BCUT2D eigenvalue weighted by atomic mass is 9.94. The third-order valence-corrected chi connectivity index (χ3v) is 7.26. The summed E-state index contributed by atoms with van der Waals surface area (Å²) in [5.41, 5.74) is 1.68. The molecule has 36 heavy (non-hydrogen) atoms. The molecular weight excluding hydrogens is 469 g/mol. The first-order valence-corrected chi connectivity index (χ1v) is 11.7.